The molecular formula is C6H14N2OS. The molecule has 1 amide bonds. The highest BCUT2D eigenvalue weighted by Gasteiger charge is 1.95. The van der Waals surface area contributed by atoms with Gasteiger partial charge in [-0.3, -0.25) is 10.2 Å². The number of hydrazine groups is 1. The third-order valence-corrected chi connectivity index (χ3v) is 1.17. The number of nitrogens with one attached hydrogen (secondary N) is 2. The average molecular weight is 162 g/mol. The molecule has 0 aromatic rings. The normalized spacial score (nSPS) is 9.40. The Hall–Kier alpha value is -0.220. The molecule has 0 aromatic carbocycles. The van der Waals surface area contributed by atoms with Crippen molar-refractivity contribution < 1.29 is 4.79 Å². The molecule has 0 aromatic heterocycles. The molecule has 0 aliphatic carbocycles. The van der Waals surface area contributed by atoms with Gasteiger partial charge in [0.2, 0.25) is 5.91 Å². The van der Waals surface area contributed by atoms with Crippen LogP contribution in [-0.4, -0.2) is 18.2 Å². The summed E-state index contributed by atoms with van der Waals surface area (Å²) in [5.74, 6) is 0.600. The fourth-order valence-corrected chi connectivity index (χ4v) is 0.653. The van der Waals surface area contributed by atoms with Crippen LogP contribution in [-0.2, 0) is 4.79 Å². The van der Waals surface area contributed by atoms with Gasteiger partial charge >= 0.3 is 0 Å². The molecule has 0 spiro atoms. The largest absolute Gasteiger partial charge is 0.292 e. The van der Waals surface area contributed by atoms with Crippen molar-refractivity contribution in [3.05, 3.63) is 0 Å². The number of hydrogen-bond donors (Lipinski definition) is 3. The Morgan fingerprint density at radius 3 is 2.80 bits per heavy atom. The van der Waals surface area contributed by atoms with Gasteiger partial charge in [0.25, 0.3) is 0 Å². The standard InChI is InChI=1S/C6H14N2OS/c1-2-4-7-8-6(9)3-5-10/h7,10H,2-5H2,1H3,(H,8,9). The molecule has 0 aliphatic rings. The summed E-state index contributed by atoms with van der Waals surface area (Å²) in [6.45, 7) is 2.86. The molecule has 4 heteroatoms. The summed E-state index contributed by atoms with van der Waals surface area (Å²) in [5.41, 5.74) is 5.33. The van der Waals surface area contributed by atoms with Crippen molar-refractivity contribution in [3.8, 4) is 0 Å². The first-order chi connectivity index (χ1) is 4.81. The van der Waals surface area contributed by atoms with Gasteiger partial charge < -0.3 is 0 Å². The lowest BCUT2D eigenvalue weighted by Crippen LogP contribution is -2.37. The van der Waals surface area contributed by atoms with E-state index in [0.717, 1.165) is 13.0 Å². The molecular weight excluding hydrogens is 148 g/mol. The number of carbonyl (C=O) groups is 1. The van der Waals surface area contributed by atoms with E-state index in [-0.39, 0.29) is 5.91 Å². The van der Waals surface area contributed by atoms with Crippen molar-refractivity contribution in [1.29, 1.82) is 0 Å². The molecule has 10 heavy (non-hydrogen) atoms. The zero-order valence-electron chi connectivity index (χ0n) is 6.18. The number of hydrogen-bond acceptors (Lipinski definition) is 3. The molecule has 0 saturated carbocycles. The van der Waals surface area contributed by atoms with Crippen molar-refractivity contribution >= 4 is 18.5 Å². The maximum atomic E-state index is 10.7. The molecule has 0 unspecified atom stereocenters. The molecule has 0 radical (unpaired) electrons. The number of thiol groups is 1. The first kappa shape index (κ1) is 9.78. The van der Waals surface area contributed by atoms with Crippen LogP contribution in [0.3, 0.4) is 0 Å². The van der Waals surface area contributed by atoms with Crippen LogP contribution in [0.2, 0.25) is 0 Å². The lowest BCUT2D eigenvalue weighted by Gasteiger charge is -2.03. The molecule has 2 N–H and O–H groups in total. The van der Waals surface area contributed by atoms with Crippen LogP contribution in [0.4, 0.5) is 0 Å². The van der Waals surface area contributed by atoms with E-state index >= 15 is 0 Å². The molecule has 60 valence electrons. The van der Waals surface area contributed by atoms with Gasteiger partial charge in [0, 0.05) is 13.0 Å². The van der Waals surface area contributed by atoms with Crippen LogP contribution in [0.5, 0.6) is 0 Å². The van der Waals surface area contributed by atoms with Crippen LogP contribution in [0.15, 0.2) is 0 Å². The van der Waals surface area contributed by atoms with Gasteiger partial charge in [0.15, 0.2) is 0 Å². The van der Waals surface area contributed by atoms with Crippen LogP contribution in [0, 0.1) is 0 Å². The van der Waals surface area contributed by atoms with Gasteiger partial charge in [-0.25, -0.2) is 5.43 Å². The fraction of sp³-hybridized carbons (Fsp3) is 0.833. The second-order valence-electron chi connectivity index (χ2n) is 1.95. The topological polar surface area (TPSA) is 41.1 Å². The maximum absolute atomic E-state index is 10.7. The van der Waals surface area contributed by atoms with Crippen LogP contribution >= 0.6 is 12.6 Å². The van der Waals surface area contributed by atoms with Crippen molar-refractivity contribution in [2.75, 3.05) is 12.3 Å². The van der Waals surface area contributed by atoms with Gasteiger partial charge in [0.05, 0.1) is 0 Å². The van der Waals surface area contributed by atoms with Gasteiger partial charge in [-0.1, -0.05) is 6.92 Å². The summed E-state index contributed by atoms with van der Waals surface area (Å²) in [5, 5.41) is 0. The Bertz CT molecular complexity index is 97.7. The quantitative estimate of drug-likeness (QED) is 0.310. The second-order valence-corrected chi connectivity index (χ2v) is 2.40. The monoisotopic (exact) mass is 162 g/mol. The highest BCUT2D eigenvalue weighted by molar-refractivity contribution is 7.80. The first-order valence-electron chi connectivity index (χ1n) is 3.43. The summed E-state index contributed by atoms with van der Waals surface area (Å²) in [7, 11) is 0. The third kappa shape index (κ3) is 5.91. The van der Waals surface area contributed by atoms with Crippen LogP contribution in [0.25, 0.3) is 0 Å². The second kappa shape index (κ2) is 6.89. The minimum atomic E-state index is 0.00319. The van der Waals surface area contributed by atoms with E-state index in [9.17, 15) is 4.79 Å². The van der Waals surface area contributed by atoms with Crippen molar-refractivity contribution in [2.45, 2.75) is 19.8 Å². The summed E-state index contributed by atoms with van der Waals surface area (Å²) in [4.78, 5) is 10.7. The first-order valence-corrected chi connectivity index (χ1v) is 4.07. The number of amides is 1. The summed E-state index contributed by atoms with van der Waals surface area (Å²) in [6.07, 6.45) is 1.49. The Kier molecular flexibility index (Phi) is 6.74. The van der Waals surface area contributed by atoms with Crippen molar-refractivity contribution in [1.82, 2.24) is 10.9 Å². The molecule has 0 rings (SSSR count). The lowest BCUT2D eigenvalue weighted by molar-refractivity contribution is -0.121. The van der Waals surface area contributed by atoms with Crippen LogP contribution in [0.1, 0.15) is 19.8 Å². The smallest absolute Gasteiger partial charge is 0.234 e. The van der Waals surface area contributed by atoms with E-state index in [2.05, 4.69) is 23.5 Å². The van der Waals surface area contributed by atoms with Crippen molar-refractivity contribution in [2.24, 2.45) is 0 Å². The van der Waals surface area contributed by atoms with Gasteiger partial charge in [0.1, 0.15) is 0 Å². The molecule has 3 nitrogen and oxygen atoms in total. The van der Waals surface area contributed by atoms with E-state index in [4.69, 9.17) is 0 Å². The molecule has 0 bridgehead atoms. The Labute approximate surface area is 67.0 Å². The third-order valence-electron chi connectivity index (χ3n) is 0.942. The number of carbonyl (C=O) groups excluding carboxylic acids is 1. The molecule has 0 heterocycles. The fourth-order valence-electron chi connectivity index (χ4n) is 0.450. The zero-order valence-corrected chi connectivity index (χ0v) is 7.08. The molecule has 0 atom stereocenters. The molecule has 0 aliphatic heterocycles. The van der Waals surface area contributed by atoms with E-state index < -0.39 is 0 Å². The van der Waals surface area contributed by atoms with E-state index in [0.29, 0.717) is 12.2 Å². The van der Waals surface area contributed by atoms with Gasteiger partial charge in [-0.05, 0) is 12.2 Å². The molecule has 0 fully saturated rings. The summed E-state index contributed by atoms with van der Waals surface area (Å²) in [6, 6.07) is 0. The van der Waals surface area contributed by atoms with Gasteiger partial charge in [-0.2, -0.15) is 12.6 Å². The Balaban J connectivity index is 3.05. The Morgan fingerprint density at radius 2 is 2.30 bits per heavy atom. The summed E-state index contributed by atoms with van der Waals surface area (Å²) >= 11 is 3.92. The average Bonchev–Trinajstić information content (AvgIpc) is 1.89. The van der Waals surface area contributed by atoms with E-state index in [1.165, 1.54) is 0 Å². The SMILES string of the molecule is CCCNNC(=O)CCS. The molecule has 0 saturated heterocycles. The Morgan fingerprint density at radius 1 is 1.60 bits per heavy atom. The highest BCUT2D eigenvalue weighted by atomic mass is 32.1. The maximum Gasteiger partial charge on any atom is 0.234 e. The summed E-state index contributed by atoms with van der Waals surface area (Å²) < 4.78 is 0. The minimum Gasteiger partial charge on any atom is -0.292 e. The number of rotatable bonds is 5. The van der Waals surface area contributed by atoms with Crippen molar-refractivity contribution in [3.63, 3.8) is 0 Å². The lowest BCUT2D eigenvalue weighted by atomic mass is 10.5. The minimum absolute atomic E-state index is 0.00319. The predicted octanol–water partition coefficient (Wildman–Crippen LogP) is 0.337. The highest BCUT2D eigenvalue weighted by Crippen LogP contribution is 1.81. The van der Waals surface area contributed by atoms with Gasteiger partial charge in [-0.15, -0.1) is 0 Å². The van der Waals surface area contributed by atoms with Crippen LogP contribution < -0.4 is 10.9 Å². The van der Waals surface area contributed by atoms with E-state index in [1.807, 2.05) is 6.92 Å². The predicted molar refractivity (Wildman–Crippen MR) is 44.9 cm³/mol. The zero-order chi connectivity index (χ0) is 7.82. The van der Waals surface area contributed by atoms with E-state index in [1.54, 1.807) is 0 Å².